The van der Waals surface area contributed by atoms with Crippen LogP contribution in [0, 0.1) is 18.6 Å². The van der Waals surface area contributed by atoms with E-state index in [-0.39, 0.29) is 23.7 Å². The summed E-state index contributed by atoms with van der Waals surface area (Å²) in [5.41, 5.74) is 1.65. The van der Waals surface area contributed by atoms with Gasteiger partial charge in [0.05, 0.1) is 11.1 Å². The molecule has 0 saturated carbocycles. The molecule has 0 fully saturated rings. The van der Waals surface area contributed by atoms with Crippen LogP contribution in [0.4, 0.5) is 8.78 Å². The van der Waals surface area contributed by atoms with Crippen LogP contribution < -0.4 is 9.47 Å². The van der Waals surface area contributed by atoms with Crippen molar-refractivity contribution in [2.45, 2.75) is 13.5 Å². The molecule has 1 aliphatic rings. The smallest absolute Gasteiger partial charge is 0.232 e. The van der Waals surface area contributed by atoms with Crippen LogP contribution in [0.3, 0.4) is 0 Å². The first kappa shape index (κ1) is 19.2. The molecule has 29 heavy (non-hydrogen) atoms. The number of aryl methyl sites for hydroxylation is 1. The molecule has 146 valence electrons. The zero-order valence-electron chi connectivity index (χ0n) is 15.3. The van der Waals surface area contributed by atoms with Crippen molar-refractivity contribution in [1.29, 1.82) is 0 Å². The van der Waals surface area contributed by atoms with Crippen LogP contribution in [0.2, 0.25) is 5.02 Å². The number of ketones is 1. The number of benzene rings is 3. The van der Waals surface area contributed by atoms with Crippen LogP contribution in [0.15, 0.2) is 60.4 Å². The number of ether oxygens (including phenoxy) is 2. The van der Waals surface area contributed by atoms with Crippen molar-refractivity contribution < 1.29 is 23.0 Å². The summed E-state index contributed by atoms with van der Waals surface area (Å²) in [5, 5.41) is 0.551. The van der Waals surface area contributed by atoms with Gasteiger partial charge in [0.15, 0.2) is 5.76 Å². The summed E-state index contributed by atoms with van der Waals surface area (Å²) in [6.45, 7) is 1.47. The molecular weight excluding hydrogens is 398 g/mol. The Labute approximate surface area is 171 Å². The Morgan fingerprint density at radius 3 is 2.52 bits per heavy atom. The van der Waals surface area contributed by atoms with Gasteiger partial charge in [0.25, 0.3) is 0 Å². The monoisotopic (exact) mass is 412 g/mol. The van der Waals surface area contributed by atoms with E-state index in [1.165, 1.54) is 24.3 Å². The maximum absolute atomic E-state index is 13.8. The van der Waals surface area contributed by atoms with E-state index >= 15 is 0 Å². The topological polar surface area (TPSA) is 35.5 Å². The maximum atomic E-state index is 13.8. The van der Waals surface area contributed by atoms with Crippen molar-refractivity contribution in [3.8, 4) is 11.5 Å². The quantitative estimate of drug-likeness (QED) is 0.484. The molecule has 0 amide bonds. The van der Waals surface area contributed by atoms with Gasteiger partial charge in [-0.25, -0.2) is 8.78 Å². The lowest BCUT2D eigenvalue weighted by Gasteiger charge is -2.10. The predicted octanol–water partition coefficient (Wildman–Crippen LogP) is 6.12. The number of Topliss-reactive ketones (excluding diaryl/α,β-unsaturated/α-hetero) is 1. The number of carbonyl (C=O) groups is 1. The fourth-order valence-electron chi connectivity index (χ4n) is 3.13. The maximum Gasteiger partial charge on any atom is 0.232 e. The van der Waals surface area contributed by atoms with Crippen LogP contribution in [-0.2, 0) is 6.61 Å². The molecule has 3 nitrogen and oxygen atoms in total. The van der Waals surface area contributed by atoms with Crippen molar-refractivity contribution in [3.05, 3.63) is 99.3 Å². The molecule has 0 spiro atoms. The second kappa shape index (κ2) is 7.68. The van der Waals surface area contributed by atoms with Gasteiger partial charge in [0, 0.05) is 11.1 Å². The van der Waals surface area contributed by atoms with Crippen LogP contribution >= 0.6 is 11.6 Å². The standard InChI is InChI=1S/C23H15ClF2O3/c1-13-8-16(28-12-17-18(25)6-3-7-19(17)26)11-20-22(13)23(27)21(29-20)10-14-4-2-5-15(24)9-14/h2-11H,12H2,1H3/b21-10-. The Kier molecular flexibility index (Phi) is 5.07. The number of rotatable bonds is 4. The van der Waals surface area contributed by atoms with E-state index < -0.39 is 11.6 Å². The molecule has 0 saturated heterocycles. The SMILES string of the molecule is Cc1cc(OCc2c(F)cccc2F)cc2c1C(=O)/C(=C/c1cccc(Cl)c1)O2. The minimum absolute atomic E-state index is 0.163. The van der Waals surface area contributed by atoms with Gasteiger partial charge in [-0.05, 0) is 54.5 Å². The van der Waals surface area contributed by atoms with E-state index in [1.807, 2.05) is 6.07 Å². The lowest BCUT2D eigenvalue weighted by atomic mass is 10.0. The van der Waals surface area contributed by atoms with Crippen LogP contribution in [0.5, 0.6) is 11.5 Å². The third-order valence-electron chi connectivity index (χ3n) is 4.53. The molecule has 0 atom stereocenters. The van der Waals surface area contributed by atoms with Gasteiger partial charge in [0.2, 0.25) is 5.78 Å². The van der Waals surface area contributed by atoms with Gasteiger partial charge in [0.1, 0.15) is 29.7 Å². The van der Waals surface area contributed by atoms with Gasteiger partial charge >= 0.3 is 0 Å². The molecule has 4 rings (SSSR count). The first-order valence-corrected chi connectivity index (χ1v) is 9.20. The van der Waals surface area contributed by atoms with Crippen molar-refractivity contribution >= 4 is 23.5 Å². The van der Waals surface area contributed by atoms with E-state index in [0.717, 1.165) is 5.56 Å². The second-order valence-corrected chi connectivity index (χ2v) is 7.03. The van der Waals surface area contributed by atoms with Crippen LogP contribution in [-0.4, -0.2) is 5.78 Å². The van der Waals surface area contributed by atoms with Gasteiger partial charge in [-0.1, -0.05) is 29.8 Å². The largest absolute Gasteiger partial charge is 0.489 e. The van der Waals surface area contributed by atoms with Gasteiger partial charge in [-0.3, -0.25) is 4.79 Å². The molecule has 1 heterocycles. The molecule has 1 aliphatic heterocycles. The Bertz CT molecular complexity index is 1130. The Morgan fingerprint density at radius 1 is 1.07 bits per heavy atom. The number of hydrogen-bond donors (Lipinski definition) is 0. The fourth-order valence-corrected chi connectivity index (χ4v) is 3.33. The fraction of sp³-hybridized carbons (Fsp3) is 0.0870. The van der Waals surface area contributed by atoms with Gasteiger partial charge < -0.3 is 9.47 Å². The highest BCUT2D eigenvalue weighted by atomic mass is 35.5. The predicted molar refractivity (Wildman–Crippen MR) is 106 cm³/mol. The highest BCUT2D eigenvalue weighted by molar-refractivity contribution is 6.30. The van der Waals surface area contributed by atoms with Crippen molar-refractivity contribution in [2.75, 3.05) is 0 Å². The highest BCUT2D eigenvalue weighted by Gasteiger charge is 2.30. The molecule has 0 radical (unpaired) electrons. The van der Waals surface area contributed by atoms with Crippen molar-refractivity contribution in [1.82, 2.24) is 0 Å². The number of fused-ring (bicyclic) bond motifs is 1. The number of carbonyl (C=O) groups excluding carboxylic acids is 1. The minimum atomic E-state index is -0.680. The molecule has 3 aromatic rings. The summed E-state index contributed by atoms with van der Waals surface area (Å²) < 4.78 is 38.8. The number of allylic oxidation sites excluding steroid dienone is 1. The first-order valence-electron chi connectivity index (χ1n) is 8.82. The molecule has 6 heteroatoms. The summed E-state index contributed by atoms with van der Waals surface area (Å²) in [7, 11) is 0. The second-order valence-electron chi connectivity index (χ2n) is 6.60. The summed E-state index contributed by atoms with van der Waals surface area (Å²) >= 11 is 5.98. The molecule has 0 bridgehead atoms. The lowest BCUT2D eigenvalue weighted by Crippen LogP contribution is -2.02. The summed E-state index contributed by atoms with van der Waals surface area (Å²) in [4.78, 5) is 12.7. The van der Waals surface area contributed by atoms with Crippen molar-refractivity contribution in [3.63, 3.8) is 0 Å². The summed E-state index contributed by atoms with van der Waals surface area (Å²) in [6, 6.07) is 13.9. The summed E-state index contributed by atoms with van der Waals surface area (Å²) in [5.74, 6) is -0.748. The molecular formula is C23H15ClF2O3. The summed E-state index contributed by atoms with van der Waals surface area (Å²) in [6.07, 6.45) is 1.61. The molecule has 0 unspecified atom stereocenters. The third kappa shape index (κ3) is 3.87. The average molecular weight is 413 g/mol. The Morgan fingerprint density at radius 2 is 1.79 bits per heavy atom. The molecule has 3 aromatic carbocycles. The van der Waals surface area contributed by atoms with E-state index in [4.69, 9.17) is 21.1 Å². The molecule has 0 aromatic heterocycles. The minimum Gasteiger partial charge on any atom is -0.489 e. The third-order valence-corrected chi connectivity index (χ3v) is 4.77. The Hall–Kier alpha value is -3.18. The zero-order chi connectivity index (χ0) is 20.5. The zero-order valence-corrected chi connectivity index (χ0v) is 16.1. The average Bonchev–Trinajstić information content (AvgIpc) is 2.97. The van der Waals surface area contributed by atoms with Crippen LogP contribution in [0.1, 0.15) is 27.0 Å². The molecule has 0 aliphatic carbocycles. The van der Waals surface area contributed by atoms with Gasteiger partial charge in [-0.15, -0.1) is 0 Å². The van der Waals surface area contributed by atoms with Gasteiger partial charge in [-0.2, -0.15) is 0 Å². The van der Waals surface area contributed by atoms with Crippen LogP contribution in [0.25, 0.3) is 6.08 Å². The van der Waals surface area contributed by atoms with E-state index in [0.29, 0.717) is 27.6 Å². The number of hydrogen-bond acceptors (Lipinski definition) is 3. The first-order chi connectivity index (χ1) is 13.9. The molecule has 0 N–H and O–H groups in total. The van der Waals surface area contributed by atoms with Crippen molar-refractivity contribution in [2.24, 2.45) is 0 Å². The normalized spacial score (nSPS) is 14.1. The highest BCUT2D eigenvalue weighted by Crippen LogP contribution is 2.38. The Balaban J connectivity index is 1.59. The van der Waals surface area contributed by atoms with E-state index in [1.54, 1.807) is 37.3 Å². The van der Waals surface area contributed by atoms with E-state index in [9.17, 15) is 13.6 Å². The lowest BCUT2D eigenvalue weighted by molar-refractivity contribution is 0.101. The van der Waals surface area contributed by atoms with E-state index in [2.05, 4.69) is 0 Å². The number of halogens is 3.